The van der Waals surface area contributed by atoms with E-state index in [4.69, 9.17) is 0 Å². The molecule has 1 amide bonds. The van der Waals surface area contributed by atoms with Gasteiger partial charge in [0.1, 0.15) is 6.33 Å². The molecule has 1 N–H and O–H groups in total. The first-order chi connectivity index (χ1) is 9.77. The van der Waals surface area contributed by atoms with Gasteiger partial charge in [0, 0.05) is 30.2 Å². The topological polar surface area (TPSA) is 66.3 Å². The predicted molar refractivity (Wildman–Crippen MR) is 74.3 cm³/mol. The van der Waals surface area contributed by atoms with E-state index in [1.165, 1.54) is 18.7 Å². The SMILES string of the molecule is O=C(c1cncnc1)N1CCCC(O)c2ccccc21. The molecule has 2 heterocycles. The quantitative estimate of drug-likeness (QED) is 0.859. The summed E-state index contributed by atoms with van der Waals surface area (Å²) in [5.74, 6) is -0.132. The third-order valence-electron chi connectivity index (χ3n) is 3.50. The molecule has 0 saturated carbocycles. The van der Waals surface area contributed by atoms with Gasteiger partial charge >= 0.3 is 0 Å². The van der Waals surface area contributed by atoms with E-state index in [-0.39, 0.29) is 5.91 Å². The summed E-state index contributed by atoms with van der Waals surface area (Å²) < 4.78 is 0. The first kappa shape index (κ1) is 12.7. The molecule has 102 valence electrons. The zero-order valence-electron chi connectivity index (χ0n) is 10.9. The second-order valence-corrected chi connectivity index (χ2v) is 4.80. The van der Waals surface area contributed by atoms with Crippen molar-refractivity contribution in [3.05, 3.63) is 54.1 Å². The number of fused-ring (bicyclic) bond motifs is 1. The van der Waals surface area contributed by atoms with Gasteiger partial charge in [-0.1, -0.05) is 18.2 Å². The molecule has 1 aromatic carbocycles. The average Bonchev–Trinajstić information content (AvgIpc) is 2.67. The molecule has 2 aromatic rings. The molecule has 0 bridgehead atoms. The molecule has 0 saturated heterocycles. The van der Waals surface area contributed by atoms with Crippen molar-refractivity contribution in [2.45, 2.75) is 18.9 Å². The second kappa shape index (κ2) is 5.38. The molecule has 1 aliphatic heterocycles. The lowest BCUT2D eigenvalue weighted by atomic mass is 10.0. The maximum Gasteiger partial charge on any atom is 0.261 e. The van der Waals surface area contributed by atoms with Crippen LogP contribution >= 0.6 is 0 Å². The van der Waals surface area contributed by atoms with Crippen LogP contribution in [0.1, 0.15) is 34.9 Å². The maximum atomic E-state index is 12.6. The Kier molecular flexibility index (Phi) is 3.43. The van der Waals surface area contributed by atoms with Crippen molar-refractivity contribution in [3.8, 4) is 0 Å². The van der Waals surface area contributed by atoms with Crippen LogP contribution in [-0.2, 0) is 0 Å². The molecule has 20 heavy (non-hydrogen) atoms. The molecule has 5 heteroatoms. The Morgan fingerprint density at radius 1 is 1.25 bits per heavy atom. The van der Waals surface area contributed by atoms with E-state index in [2.05, 4.69) is 9.97 Å². The number of anilines is 1. The molecular formula is C15H15N3O2. The summed E-state index contributed by atoms with van der Waals surface area (Å²) in [4.78, 5) is 22.1. The molecule has 5 nitrogen and oxygen atoms in total. The number of hydrogen-bond donors (Lipinski definition) is 1. The van der Waals surface area contributed by atoms with E-state index in [0.717, 1.165) is 17.7 Å². The number of carbonyl (C=O) groups is 1. The highest BCUT2D eigenvalue weighted by atomic mass is 16.3. The standard InChI is InChI=1S/C15H15N3O2/c19-14-6-3-7-18(13-5-2-1-4-12(13)14)15(20)11-8-16-10-17-9-11/h1-2,4-5,8-10,14,19H,3,6-7H2. The van der Waals surface area contributed by atoms with Gasteiger partial charge in [0.25, 0.3) is 5.91 Å². The number of aromatic nitrogens is 2. The predicted octanol–water partition coefficient (Wildman–Crippen LogP) is 1.95. The fraction of sp³-hybridized carbons (Fsp3) is 0.267. The van der Waals surface area contributed by atoms with Gasteiger partial charge in [-0.05, 0) is 18.9 Å². The number of carbonyl (C=O) groups excluding carboxylic acids is 1. The van der Waals surface area contributed by atoms with Crippen molar-refractivity contribution in [2.75, 3.05) is 11.4 Å². The maximum absolute atomic E-state index is 12.6. The summed E-state index contributed by atoms with van der Waals surface area (Å²) >= 11 is 0. The van der Waals surface area contributed by atoms with Crippen LogP contribution in [0, 0.1) is 0 Å². The minimum atomic E-state index is -0.518. The highest BCUT2D eigenvalue weighted by Gasteiger charge is 2.25. The molecule has 1 aliphatic rings. The summed E-state index contributed by atoms with van der Waals surface area (Å²) in [6, 6.07) is 7.49. The van der Waals surface area contributed by atoms with Crippen molar-refractivity contribution in [1.82, 2.24) is 9.97 Å². The number of para-hydroxylation sites is 1. The van der Waals surface area contributed by atoms with E-state index in [0.29, 0.717) is 18.5 Å². The van der Waals surface area contributed by atoms with Crippen LogP contribution in [0.5, 0.6) is 0 Å². The summed E-state index contributed by atoms with van der Waals surface area (Å²) in [5, 5.41) is 10.1. The van der Waals surface area contributed by atoms with Crippen LogP contribution in [0.15, 0.2) is 43.0 Å². The molecule has 0 spiro atoms. The highest BCUT2D eigenvalue weighted by molar-refractivity contribution is 6.06. The number of aliphatic hydroxyl groups is 1. The van der Waals surface area contributed by atoms with E-state index >= 15 is 0 Å². The molecule has 1 unspecified atom stereocenters. The van der Waals surface area contributed by atoms with Gasteiger partial charge in [0.15, 0.2) is 0 Å². The van der Waals surface area contributed by atoms with E-state index in [1.807, 2.05) is 24.3 Å². The van der Waals surface area contributed by atoms with Gasteiger partial charge in [-0.2, -0.15) is 0 Å². The largest absolute Gasteiger partial charge is 0.388 e. The Bertz CT molecular complexity index is 616. The lowest BCUT2D eigenvalue weighted by Crippen LogP contribution is -2.31. The van der Waals surface area contributed by atoms with Gasteiger partial charge in [-0.15, -0.1) is 0 Å². The van der Waals surface area contributed by atoms with E-state index < -0.39 is 6.10 Å². The lowest BCUT2D eigenvalue weighted by molar-refractivity contribution is 0.0986. The van der Waals surface area contributed by atoms with Gasteiger partial charge in [0.05, 0.1) is 11.7 Å². The Hall–Kier alpha value is -2.27. The van der Waals surface area contributed by atoms with Gasteiger partial charge in [-0.25, -0.2) is 9.97 Å². The molecule has 0 fully saturated rings. The zero-order valence-corrected chi connectivity index (χ0v) is 10.9. The minimum absolute atomic E-state index is 0.132. The van der Waals surface area contributed by atoms with Gasteiger partial charge in [-0.3, -0.25) is 4.79 Å². The van der Waals surface area contributed by atoms with Crippen molar-refractivity contribution in [3.63, 3.8) is 0 Å². The fourth-order valence-electron chi connectivity index (χ4n) is 2.51. The summed E-state index contributed by atoms with van der Waals surface area (Å²) in [6.45, 7) is 0.585. The van der Waals surface area contributed by atoms with Crippen LogP contribution in [0.4, 0.5) is 5.69 Å². The Labute approximate surface area is 116 Å². The number of aliphatic hydroxyl groups excluding tert-OH is 1. The summed E-state index contributed by atoms with van der Waals surface area (Å²) in [7, 11) is 0. The monoisotopic (exact) mass is 269 g/mol. The first-order valence-corrected chi connectivity index (χ1v) is 6.61. The van der Waals surface area contributed by atoms with Crippen LogP contribution in [-0.4, -0.2) is 27.5 Å². The van der Waals surface area contributed by atoms with Gasteiger partial charge in [0.2, 0.25) is 0 Å². The zero-order chi connectivity index (χ0) is 13.9. The number of rotatable bonds is 1. The molecule has 1 atom stereocenters. The molecule has 0 radical (unpaired) electrons. The van der Waals surface area contributed by atoms with Crippen molar-refractivity contribution in [2.24, 2.45) is 0 Å². The third-order valence-corrected chi connectivity index (χ3v) is 3.50. The summed E-state index contributed by atoms with van der Waals surface area (Å²) in [6.07, 6.45) is 5.33. The van der Waals surface area contributed by atoms with Crippen LogP contribution in [0.2, 0.25) is 0 Å². The van der Waals surface area contributed by atoms with Crippen LogP contribution < -0.4 is 4.90 Å². The van der Waals surface area contributed by atoms with Crippen molar-refractivity contribution in [1.29, 1.82) is 0 Å². The summed E-state index contributed by atoms with van der Waals surface area (Å²) in [5.41, 5.74) is 2.03. The molecule has 3 rings (SSSR count). The van der Waals surface area contributed by atoms with Crippen LogP contribution in [0.3, 0.4) is 0 Å². The van der Waals surface area contributed by atoms with Crippen molar-refractivity contribution < 1.29 is 9.90 Å². The Morgan fingerprint density at radius 2 is 2.00 bits per heavy atom. The number of benzene rings is 1. The van der Waals surface area contributed by atoms with Crippen molar-refractivity contribution >= 4 is 11.6 Å². The first-order valence-electron chi connectivity index (χ1n) is 6.61. The Morgan fingerprint density at radius 3 is 2.80 bits per heavy atom. The third kappa shape index (κ3) is 2.28. The number of nitrogens with zero attached hydrogens (tertiary/aromatic N) is 3. The molecular weight excluding hydrogens is 254 g/mol. The minimum Gasteiger partial charge on any atom is -0.388 e. The molecule has 1 aromatic heterocycles. The smallest absolute Gasteiger partial charge is 0.261 e. The number of hydrogen-bond acceptors (Lipinski definition) is 4. The second-order valence-electron chi connectivity index (χ2n) is 4.80. The highest BCUT2D eigenvalue weighted by Crippen LogP contribution is 2.33. The van der Waals surface area contributed by atoms with E-state index in [9.17, 15) is 9.90 Å². The average molecular weight is 269 g/mol. The lowest BCUT2D eigenvalue weighted by Gasteiger charge is -2.23. The Balaban J connectivity index is 2.01. The normalized spacial score (nSPS) is 18.2. The van der Waals surface area contributed by atoms with Gasteiger partial charge < -0.3 is 10.0 Å². The van der Waals surface area contributed by atoms with E-state index in [1.54, 1.807) is 4.90 Å². The van der Waals surface area contributed by atoms with Crippen LogP contribution in [0.25, 0.3) is 0 Å². The number of amides is 1. The fourth-order valence-corrected chi connectivity index (χ4v) is 2.51. The molecule has 0 aliphatic carbocycles.